The second-order valence-corrected chi connectivity index (χ2v) is 7.24. The molecule has 0 aromatic carbocycles. The van der Waals surface area contributed by atoms with Gasteiger partial charge in [0.1, 0.15) is 0 Å². The molecule has 0 aliphatic heterocycles. The zero-order chi connectivity index (χ0) is 17.2. The lowest BCUT2D eigenvalue weighted by Crippen LogP contribution is -2.40. The highest BCUT2D eigenvalue weighted by Crippen LogP contribution is 2.28. The fraction of sp³-hybridized carbons (Fsp3) is 0.526. The van der Waals surface area contributed by atoms with Gasteiger partial charge in [0.15, 0.2) is 0 Å². The van der Waals surface area contributed by atoms with Crippen LogP contribution >= 0.6 is 0 Å². The molecule has 2 aromatic rings. The Morgan fingerprint density at radius 2 is 2.16 bits per heavy atom. The monoisotopic (exact) mass is 340 g/mol. The molecule has 0 bridgehead atoms. The molecule has 2 N–H and O–H groups in total. The first kappa shape index (κ1) is 16.3. The highest BCUT2D eigenvalue weighted by atomic mass is 16.3. The maximum atomic E-state index is 12.8. The molecule has 1 amide bonds. The van der Waals surface area contributed by atoms with Crippen molar-refractivity contribution in [2.45, 2.75) is 57.2 Å². The quantitative estimate of drug-likeness (QED) is 0.888. The predicted octanol–water partition coefficient (Wildman–Crippen LogP) is 1.73. The van der Waals surface area contributed by atoms with E-state index < -0.39 is 6.10 Å². The molecule has 0 saturated heterocycles. The van der Waals surface area contributed by atoms with Gasteiger partial charge in [-0.3, -0.25) is 14.5 Å². The van der Waals surface area contributed by atoms with Gasteiger partial charge in [0, 0.05) is 31.3 Å². The summed E-state index contributed by atoms with van der Waals surface area (Å²) in [4.78, 5) is 17.0. The van der Waals surface area contributed by atoms with Crippen molar-refractivity contribution in [3.63, 3.8) is 0 Å². The van der Waals surface area contributed by atoms with E-state index in [0.29, 0.717) is 17.9 Å². The number of hydrogen-bond donors (Lipinski definition) is 2. The minimum absolute atomic E-state index is 0.102. The van der Waals surface area contributed by atoms with Gasteiger partial charge in [-0.15, -0.1) is 0 Å². The van der Waals surface area contributed by atoms with Gasteiger partial charge in [-0.05, 0) is 61.6 Å². The lowest BCUT2D eigenvalue weighted by atomic mass is 9.90. The standard InChI is InChI=1S/C19H24N4O2/c24-18-9-13(12-23-7-3-6-21-23)8-17(18)22-19(25)16-11-20-10-14-4-1-2-5-15(14)16/h3,6-7,10-11,13,17-18,24H,1-2,4-5,8-9,12H2,(H,22,25)/t13?,17-,18-/m1/s1. The molecule has 132 valence electrons. The molecular weight excluding hydrogens is 316 g/mol. The number of pyridine rings is 1. The van der Waals surface area contributed by atoms with Gasteiger partial charge >= 0.3 is 0 Å². The zero-order valence-electron chi connectivity index (χ0n) is 14.3. The van der Waals surface area contributed by atoms with Crippen molar-refractivity contribution in [2.24, 2.45) is 5.92 Å². The number of fused-ring (bicyclic) bond motifs is 1. The van der Waals surface area contributed by atoms with Crippen LogP contribution in [0.1, 0.15) is 47.2 Å². The highest BCUT2D eigenvalue weighted by molar-refractivity contribution is 5.96. The molecule has 1 saturated carbocycles. The molecule has 1 fully saturated rings. The summed E-state index contributed by atoms with van der Waals surface area (Å²) in [5.41, 5.74) is 3.02. The van der Waals surface area contributed by atoms with Crippen LogP contribution in [0.3, 0.4) is 0 Å². The Morgan fingerprint density at radius 3 is 3.00 bits per heavy atom. The fourth-order valence-electron chi connectivity index (χ4n) is 4.20. The highest BCUT2D eigenvalue weighted by Gasteiger charge is 2.34. The van der Waals surface area contributed by atoms with Crippen LogP contribution in [-0.2, 0) is 19.4 Å². The van der Waals surface area contributed by atoms with Crippen molar-refractivity contribution in [1.82, 2.24) is 20.1 Å². The summed E-state index contributed by atoms with van der Waals surface area (Å²) >= 11 is 0. The molecule has 2 aliphatic carbocycles. The van der Waals surface area contributed by atoms with Gasteiger partial charge in [-0.1, -0.05) is 0 Å². The van der Waals surface area contributed by atoms with E-state index in [1.165, 1.54) is 5.56 Å². The van der Waals surface area contributed by atoms with Crippen LogP contribution in [0.4, 0.5) is 0 Å². The molecule has 2 aliphatic rings. The molecule has 2 aromatic heterocycles. The molecular formula is C19H24N4O2. The second kappa shape index (κ2) is 6.96. The van der Waals surface area contributed by atoms with E-state index in [1.807, 2.05) is 23.1 Å². The first-order chi connectivity index (χ1) is 12.2. The van der Waals surface area contributed by atoms with E-state index >= 15 is 0 Å². The van der Waals surface area contributed by atoms with Gasteiger partial charge in [-0.25, -0.2) is 0 Å². The number of nitrogens with one attached hydrogen (secondary N) is 1. The van der Waals surface area contributed by atoms with Crippen molar-refractivity contribution < 1.29 is 9.90 Å². The third kappa shape index (κ3) is 3.44. The zero-order valence-corrected chi connectivity index (χ0v) is 14.3. The van der Waals surface area contributed by atoms with Gasteiger partial charge in [0.2, 0.25) is 0 Å². The van der Waals surface area contributed by atoms with E-state index in [2.05, 4.69) is 15.4 Å². The first-order valence-electron chi connectivity index (χ1n) is 9.13. The average molecular weight is 340 g/mol. The minimum Gasteiger partial charge on any atom is -0.391 e. The number of amides is 1. The summed E-state index contributed by atoms with van der Waals surface area (Å²) < 4.78 is 1.89. The Morgan fingerprint density at radius 1 is 1.28 bits per heavy atom. The number of hydrogen-bond acceptors (Lipinski definition) is 4. The Labute approximate surface area is 147 Å². The molecule has 6 heteroatoms. The molecule has 2 heterocycles. The number of aryl methyl sites for hydroxylation is 1. The number of carbonyl (C=O) groups is 1. The predicted molar refractivity (Wildman–Crippen MR) is 93.1 cm³/mol. The van der Waals surface area contributed by atoms with E-state index in [4.69, 9.17) is 0 Å². The number of nitrogens with zero attached hydrogens (tertiary/aromatic N) is 3. The van der Waals surface area contributed by atoms with Crippen molar-refractivity contribution in [1.29, 1.82) is 0 Å². The van der Waals surface area contributed by atoms with Crippen LogP contribution in [0.15, 0.2) is 30.9 Å². The number of rotatable bonds is 4. The van der Waals surface area contributed by atoms with Crippen LogP contribution in [-0.4, -0.2) is 37.9 Å². The van der Waals surface area contributed by atoms with Crippen LogP contribution < -0.4 is 5.32 Å². The summed E-state index contributed by atoms with van der Waals surface area (Å²) in [6.07, 6.45) is 12.4. The SMILES string of the molecule is O=C(N[C@@H]1CC(Cn2cccn2)C[C@H]1O)c1cncc2c1CCCC2. The van der Waals surface area contributed by atoms with Crippen molar-refractivity contribution in [2.75, 3.05) is 0 Å². The third-order valence-electron chi connectivity index (χ3n) is 5.46. The molecule has 3 atom stereocenters. The Hall–Kier alpha value is -2.21. The van der Waals surface area contributed by atoms with Crippen LogP contribution in [0.2, 0.25) is 0 Å². The van der Waals surface area contributed by atoms with Crippen molar-refractivity contribution in [3.05, 3.63) is 47.5 Å². The van der Waals surface area contributed by atoms with E-state index in [-0.39, 0.29) is 11.9 Å². The normalized spacial score (nSPS) is 25.6. The summed E-state index contributed by atoms with van der Waals surface area (Å²) in [5.74, 6) is 0.220. The van der Waals surface area contributed by atoms with Gasteiger partial charge < -0.3 is 10.4 Å². The van der Waals surface area contributed by atoms with E-state index in [0.717, 1.165) is 44.2 Å². The van der Waals surface area contributed by atoms with Gasteiger partial charge in [0.25, 0.3) is 5.91 Å². The van der Waals surface area contributed by atoms with Crippen molar-refractivity contribution >= 4 is 5.91 Å². The number of aliphatic hydroxyl groups excluding tert-OH is 1. The Bertz CT molecular complexity index is 744. The Kier molecular flexibility index (Phi) is 4.53. The smallest absolute Gasteiger partial charge is 0.253 e. The summed E-state index contributed by atoms with van der Waals surface area (Å²) in [5, 5.41) is 17.6. The Balaban J connectivity index is 1.43. The average Bonchev–Trinajstić information content (AvgIpc) is 3.25. The largest absolute Gasteiger partial charge is 0.391 e. The number of aromatic nitrogens is 3. The van der Waals surface area contributed by atoms with Crippen LogP contribution in [0, 0.1) is 5.92 Å². The lowest BCUT2D eigenvalue weighted by molar-refractivity contribution is 0.0871. The lowest BCUT2D eigenvalue weighted by Gasteiger charge is -2.21. The maximum absolute atomic E-state index is 12.8. The van der Waals surface area contributed by atoms with Crippen molar-refractivity contribution in [3.8, 4) is 0 Å². The number of aliphatic hydroxyl groups is 1. The summed E-state index contributed by atoms with van der Waals surface area (Å²) in [7, 11) is 0. The van der Waals surface area contributed by atoms with Gasteiger partial charge in [-0.2, -0.15) is 5.10 Å². The number of carbonyl (C=O) groups excluding carboxylic acids is 1. The molecule has 25 heavy (non-hydrogen) atoms. The summed E-state index contributed by atoms with van der Waals surface area (Å²) in [6.45, 7) is 0.777. The molecule has 0 radical (unpaired) electrons. The second-order valence-electron chi connectivity index (χ2n) is 7.24. The molecule has 0 spiro atoms. The molecule has 4 rings (SSSR count). The van der Waals surface area contributed by atoms with Crippen LogP contribution in [0.25, 0.3) is 0 Å². The van der Waals surface area contributed by atoms with Gasteiger partial charge in [0.05, 0.1) is 17.7 Å². The van der Waals surface area contributed by atoms with E-state index in [9.17, 15) is 9.90 Å². The minimum atomic E-state index is -0.503. The molecule has 1 unspecified atom stereocenters. The molecule has 6 nitrogen and oxygen atoms in total. The topological polar surface area (TPSA) is 80.0 Å². The third-order valence-corrected chi connectivity index (χ3v) is 5.46. The van der Waals surface area contributed by atoms with E-state index in [1.54, 1.807) is 12.4 Å². The van der Waals surface area contributed by atoms with Crippen LogP contribution in [0.5, 0.6) is 0 Å². The first-order valence-corrected chi connectivity index (χ1v) is 9.13. The fourth-order valence-corrected chi connectivity index (χ4v) is 4.20. The maximum Gasteiger partial charge on any atom is 0.253 e. The summed E-state index contributed by atoms with van der Waals surface area (Å²) in [6, 6.07) is 1.70.